The Morgan fingerprint density at radius 3 is 2.33 bits per heavy atom. The van der Waals surface area contributed by atoms with Crippen molar-refractivity contribution in [3.05, 3.63) is 11.5 Å². The van der Waals surface area contributed by atoms with Crippen LogP contribution in [0.25, 0.3) is 0 Å². The molecular weight excluding hydrogens is 118 g/mol. The Bertz CT molecular complexity index is 185. The van der Waals surface area contributed by atoms with Crippen molar-refractivity contribution < 1.29 is 9.26 Å². The fourth-order valence-corrected chi connectivity index (χ4v) is 0.766. The van der Waals surface area contributed by atoms with Crippen molar-refractivity contribution in [1.29, 1.82) is 0 Å². The normalized spacial score (nSPS) is 9.67. The molecule has 0 unspecified atom stereocenters. The molecule has 3 nitrogen and oxygen atoms in total. The van der Waals surface area contributed by atoms with Gasteiger partial charge in [0.05, 0.1) is 7.11 Å². The molecule has 0 saturated carbocycles. The molecule has 0 N–H and O–H groups in total. The van der Waals surface area contributed by atoms with Gasteiger partial charge < -0.3 is 9.26 Å². The number of aromatic nitrogens is 1. The van der Waals surface area contributed by atoms with E-state index in [4.69, 9.17) is 9.26 Å². The predicted octanol–water partition coefficient (Wildman–Crippen LogP) is 1.30. The predicted molar refractivity (Wildman–Crippen MR) is 32.5 cm³/mol. The van der Waals surface area contributed by atoms with Crippen LogP contribution in [0.5, 0.6) is 5.75 Å². The fraction of sp³-hybridized carbons (Fsp3) is 0.500. The van der Waals surface area contributed by atoms with Crippen LogP contribution in [0.1, 0.15) is 11.5 Å². The third-order valence-corrected chi connectivity index (χ3v) is 1.17. The average molecular weight is 127 g/mol. The van der Waals surface area contributed by atoms with Crippen molar-refractivity contribution in [2.45, 2.75) is 13.8 Å². The Morgan fingerprint density at radius 2 is 2.11 bits per heavy atom. The molecule has 0 amide bonds. The van der Waals surface area contributed by atoms with Gasteiger partial charge in [0.25, 0.3) is 0 Å². The Balaban J connectivity index is 3.07. The van der Waals surface area contributed by atoms with E-state index >= 15 is 0 Å². The molecule has 1 aromatic heterocycles. The van der Waals surface area contributed by atoms with Crippen molar-refractivity contribution in [3.8, 4) is 5.75 Å². The molecule has 0 radical (unpaired) electrons. The zero-order valence-corrected chi connectivity index (χ0v) is 5.76. The highest BCUT2D eigenvalue weighted by molar-refractivity contribution is 5.27. The quantitative estimate of drug-likeness (QED) is 0.570. The number of nitrogens with zero attached hydrogens (tertiary/aromatic N) is 1. The second kappa shape index (κ2) is 2.09. The van der Waals surface area contributed by atoms with Crippen LogP contribution in [0.2, 0.25) is 0 Å². The van der Waals surface area contributed by atoms with E-state index in [9.17, 15) is 0 Å². The van der Waals surface area contributed by atoms with Gasteiger partial charge in [-0.15, -0.1) is 0 Å². The smallest absolute Gasteiger partial charge is 0.184 e. The van der Waals surface area contributed by atoms with E-state index in [0.717, 1.165) is 17.2 Å². The highest BCUT2D eigenvalue weighted by atomic mass is 16.5. The first-order valence-electron chi connectivity index (χ1n) is 2.72. The third-order valence-electron chi connectivity index (χ3n) is 1.17. The van der Waals surface area contributed by atoms with Gasteiger partial charge in [0.2, 0.25) is 0 Å². The highest BCUT2D eigenvalue weighted by Gasteiger charge is 2.06. The van der Waals surface area contributed by atoms with E-state index in [1.807, 2.05) is 13.8 Å². The van der Waals surface area contributed by atoms with Crippen LogP contribution in [0.4, 0.5) is 0 Å². The SMILES string of the molecule is COc1c(C)noc1C. The molecule has 9 heavy (non-hydrogen) atoms. The van der Waals surface area contributed by atoms with Crippen LogP contribution in [0.15, 0.2) is 4.52 Å². The number of methoxy groups -OCH3 is 1. The summed E-state index contributed by atoms with van der Waals surface area (Å²) in [7, 11) is 1.60. The molecule has 0 aliphatic carbocycles. The number of hydrogen-bond acceptors (Lipinski definition) is 3. The maximum atomic E-state index is 4.96. The minimum atomic E-state index is 0.731. The van der Waals surface area contributed by atoms with E-state index in [1.54, 1.807) is 7.11 Å². The van der Waals surface area contributed by atoms with E-state index in [-0.39, 0.29) is 0 Å². The van der Waals surface area contributed by atoms with Crippen LogP contribution < -0.4 is 4.74 Å². The Kier molecular flexibility index (Phi) is 1.42. The third kappa shape index (κ3) is 0.896. The lowest BCUT2D eigenvalue weighted by molar-refractivity contribution is 0.371. The lowest BCUT2D eigenvalue weighted by Gasteiger charge is -1.92. The van der Waals surface area contributed by atoms with Crippen molar-refractivity contribution >= 4 is 0 Å². The molecule has 0 bridgehead atoms. The van der Waals surface area contributed by atoms with Crippen molar-refractivity contribution in [3.63, 3.8) is 0 Å². The van der Waals surface area contributed by atoms with Gasteiger partial charge in [-0.3, -0.25) is 0 Å². The average Bonchev–Trinajstić information content (AvgIpc) is 2.12. The van der Waals surface area contributed by atoms with Crippen LogP contribution in [-0.4, -0.2) is 12.3 Å². The van der Waals surface area contributed by atoms with E-state index in [1.165, 1.54) is 0 Å². The number of ether oxygens (including phenoxy) is 1. The summed E-state index contributed by atoms with van der Waals surface area (Å²) in [6.07, 6.45) is 0. The van der Waals surface area contributed by atoms with E-state index < -0.39 is 0 Å². The minimum Gasteiger partial charge on any atom is -0.491 e. The van der Waals surface area contributed by atoms with Gasteiger partial charge in [-0.05, 0) is 6.92 Å². The van der Waals surface area contributed by atoms with E-state index in [0.29, 0.717) is 0 Å². The van der Waals surface area contributed by atoms with Crippen LogP contribution in [-0.2, 0) is 0 Å². The molecule has 1 rings (SSSR count). The van der Waals surface area contributed by atoms with Crippen molar-refractivity contribution in [2.75, 3.05) is 7.11 Å². The molecule has 0 aliphatic rings. The summed E-state index contributed by atoms with van der Waals surface area (Å²) in [5.41, 5.74) is 0.801. The molecule has 50 valence electrons. The second-order valence-electron chi connectivity index (χ2n) is 1.86. The fourth-order valence-electron chi connectivity index (χ4n) is 0.766. The second-order valence-corrected chi connectivity index (χ2v) is 1.86. The van der Waals surface area contributed by atoms with Crippen LogP contribution in [0, 0.1) is 13.8 Å². The summed E-state index contributed by atoms with van der Waals surface area (Å²) in [5, 5.41) is 3.69. The lowest BCUT2D eigenvalue weighted by atomic mass is 10.4. The number of aryl methyl sites for hydroxylation is 2. The Labute approximate surface area is 53.6 Å². The van der Waals surface area contributed by atoms with Gasteiger partial charge in [-0.25, -0.2) is 0 Å². The molecule has 0 fully saturated rings. The molecule has 0 spiro atoms. The summed E-state index contributed by atoms with van der Waals surface area (Å²) in [5.74, 6) is 1.48. The van der Waals surface area contributed by atoms with Crippen molar-refractivity contribution in [1.82, 2.24) is 5.16 Å². The zero-order chi connectivity index (χ0) is 6.85. The van der Waals surface area contributed by atoms with E-state index in [2.05, 4.69) is 5.16 Å². The first-order valence-corrected chi connectivity index (χ1v) is 2.72. The number of hydrogen-bond donors (Lipinski definition) is 0. The zero-order valence-electron chi connectivity index (χ0n) is 5.76. The van der Waals surface area contributed by atoms with Gasteiger partial charge >= 0.3 is 0 Å². The van der Waals surface area contributed by atoms with Gasteiger partial charge in [-0.2, -0.15) is 0 Å². The molecule has 1 heterocycles. The largest absolute Gasteiger partial charge is 0.491 e. The monoisotopic (exact) mass is 127 g/mol. The lowest BCUT2D eigenvalue weighted by Crippen LogP contribution is -1.83. The van der Waals surface area contributed by atoms with Crippen LogP contribution >= 0.6 is 0 Å². The molecule has 0 atom stereocenters. The molecule has 0 aromatic carbocycles. The van der Waals surface area contributed by atoms with Crippen molar-refractivity contribution in [2.24, 2.45) is 0 Å². The van der Waals surface area contributed by atoms with Gasteiger partial charge in [0.1, 0.15) is 5.69 Å². The Hall–Kier alpha value is -0.990. The molecule has 3 heteroatoms. The summed E-state index contributed by atoms with van der Waals surface area (Å²) in [4.78, 5) is 0. The van der Waals surface area contributed by atoms with Crippen LogP contribution in [0.3, 0.4) is 0 Å². The van der Waals surface area contributed by atoms with Gasteiger partial charge in [0, 0.05) is 6.92 Å². The minimum absolute atomic E-state index is 0.731. The Morgan fingerprint density at radius 1 is 1.44 bits per heavy atom. The molecule has 0 saturated heterocycles. The van der Waals surface area contributed by atoms with Gasteiger partial charge in [-0.1, -0.05) is 5.16 Å². The molecule has 0 aliphatic heterocycles. The number of rotatable bonds is 1. The summed E-state index contributed by atoms with van der Waals surface area (Å²) >= 11 is 0. The first-order chi connectivity index (χ1) is 4.25. The molecule has 1 aromatic rings. The summed E-state index contributed by atoms with van der Waals surface area (Å²) in [6.45, 7) is 3.66. The topological polar surface area (TPSA) is 35.3 Å². The molecular formula is C6H9NO2. The maximum absolute atomic E-state index is 4.96. The summed E-state index contributed by atoms with van der Waals surface area (Å²) < 4.78 is 9.77. The van der Waals surface area contributed by atoms with Gasteiger partial charge in [0.15, 0.2) is 11.5 Å². The summed E-state index contributed by atoms with van der Waals surface area (Å²) in [6, 6.07) is 0. The standard InChI is InChI=1S/C6H9NO2/c1-4-6(8-3)5(2)9-7-4/h1-3H3. The maximum Gasteiger partial charge on any atom is 0.184 e. The highest BCUT2D eigenvalue weighted by Crippen LogP contribution is 2.20. The first kappa shape index (κ1) is 6.13.